The van der Waals surface area contributed by atoms with Crippen LogP contribution in [-0.4, -0.2) is 45.2 Å². The van der Waals surface area contributed by atoms with Gasteiger partial charge in [0.15, 0.2) is 9.84 Å². The first kappa shape index (κ1) is 17.4. The van der Waals surface area contributed by atoms with Gasteiger partial charge in [0.25, 0.3) is 0 Å². The molecule has 5 nitrogen and oxygen atoms in total. The molecule has 1 aliphatic rings. The normalized spacial score (nSPS) is 21.3. The molecule has 0 bridgehead atoms. The van der Waals surface area contributed by atoms with E-state index in [0.717, 1.165) is 18.4 Å². The van der Waals surface area contributed by atoms with E-state index >= 15 is 0 Å². The fourth-order valence-electron chi connectivity index (χ4n) is 2.88. The van der Waals surface area contributed by atoms with Crippen LogP contribution in [0.15, 0.2) is 29.2 Å². The lowest BCUT2D eigenvalue weighted by molar-refractivity contribution is 0.354. The second-order valence-electron chi connectivity index (χ2n) is 5.66. The predicted octanol–water partition coefficient (Wildman–Crippen LogP) is 1.84. The lowest BCUT2D eigenvalue weighted by Crippen LogP contribution is -2.40. The molecule has 1 fully saturated rings. The van der Waals surface area contributed by atoms with Crippen LogP contribution in [0.25, 0.3) is 0 Å². The Morgan fingerprint density at radius 1 is 1.18 bits per heavy atom. The van der Waals surface area contributed by atoms with Gasteiger partial charge in [-0.3, -0.25) is 0 Å². The topological polar surface area (TPSA) is 71.5 Å². The van der Waals surface area contributed by atoms with Crippen LogP contribution in [0.2, 0.25) is 0 Å². The number of benzene rings is 1. The Balaban J connectivity index is 2.27. The molecule has 0 aliphatic carbocycles. The fourth-order valence-corrected chi connectivity index (χ4v) is 6.37. The lowest BCUT2D eigenvalue weighted by Gasteiger charge is -2.26. The van der Waals surface area contributed by atoms with Crippen LogP contribution in [0, 0.1) is 0 Å². The van der Waals surface area contributed by atoms with Crippen LogP contribution in [0.1, 0.15) is 32.3 Å². The van der Waals surface area contributed by atoms with Crippen molar-refractivity contribution in [2.75, 3.05) is 18.1 Å². The summed E-state index contributed by atoms with van der Waals surface area (Å²) < 4.78 is 50.1. The highest BCUT2D eigenvalue weighted by Gasteiger charge is 2.37. The molecule has 0 N–H and O–H groups in total. The Bertz CT molecular complexity index is 708. The zero-order chi connectivity index (χ0) is 16.4. The van der Waals surface area contributed by atoms with Crippen molar-refractivity contribution in [2.24, 2.45) is 0 Å². The molecule has 1 aliphatic heterocycles. The number of hydrogen-bond donors (Lipinski definition) is 0. The number of hydrogen-bond acceptors (Lipinski definition) is 4. The maximum absolute atomic E-state index is 12.8. The fraction of sp³-hybridized carbons (Fsp3) is 0.600. The molecule has 0 saturated carbocycles. The van der Waals surface area contributed by atoms with Gasteiger partial charge in [-0.2, -0.15) is 4.31 Å². The minimum Gasteiger partial charge on any atom is -0.229 e. The first-order valence-electron chi connectivity index (χ1n) is 7.61. The first-order valence-corrected chi connectivity index (χ1v) is 10.9. The van der Waals surface area contributed by atoms with Crippen molar-refractivity contribution in [3.05, 3.63) is 29.8 Å². The molecule has 0 radical (unpaired) electrons. The summed E-state index contributed by atoms with van der Waals surface area (Å²) >= 11 is 0. The van der Waals surface area contributed by atoms with Gasteiger partial charge < -0.3 is 0 Å². The molecule has 1 unspecified atom stereocenters. The van der Waals surface area contributed by atoms with Crippen molar-refractivity contribution >= 4 is 19.9 Å². The molecule has 1 aromatic rings. The van der Waals surface area contributed by atoms with Crippen LogP contribution in [0.5, 0.6) is 0 Å². The van der Waals surface area contributed by atoms with Gasteiger partial charge >= 0.3 is 0 Å². The Morgan fingerprint density at radius 3 is 2.27 bits per heavy atom. The molecule has 7 heteroatoms. The third-order valence-corrected chi connectivity index (χ3v) is 7.79. The minimum absolute atomic E-state index is 0.0686. The quantitative estimate of drug-likeness (QED) is 0.789. The second-order valence-corrected chi connectivity index (χ2v) is 9.78. The summed E-state index contributed by atoms with van der Waals surface area (Å²) in [5, 5.41) is 0. The van der Waals surface area contributed by atoms with Gasteiger partial charge in [-0.1, -0.05) is 32.4 Å². The molecule has 22 heavy (non-hydrogen) atoms. The van der Waals surface area contributed by atoms with E-state index in [-0.39, 0.29) is 22.9 Å². The van der Waals surface area contributed by atoms with E-state index in [9.17, 15) is 16.8 Å². The Kier molecular flexibility index (Phi) is 5.29. The molecule has 1 saturated heterocycles. The average molecular weight is 345 g/mol. The van der Waals surface area contributed by atoms with Crippen LogP contribution < -0.4 is 0 Å². The van der Waals surface area contributed by atoms with Crippen LogP contribution in [0.4, 0.5) is 0 Å². The molecule has 124 valence electrons. The molecule has 0 amide bonds. The molecule has 1 atom stereocenters. The minimum atomic E-state index is -3.65. The number of sulfonamides is 1. The van der Waals surface area contributed by atoms with Crippen molar-refractivity contribution < 1.29 is 16.8 Å². The van der Waals surface area contributed by atoms with Crippen LogP contribution >= 0.6 is 0 Å². The SMILES string of the molecule is CCCc1ccc(S(=O)(=O)N(CC)C2CCS(=O)(=O)C2)cc1. The third kappa shape index (κ3) is 3.70. The van der Waals surface area contributed by atoms with E-state index in [0.29, 0.717) is 6.42 Å². The molecular weight excluding hydrogens is 322 g/mol. The van der Waals surface area contributed by atoms with Crippen LogP contribution in [-0.2, 0) is 26.3 Å². The number of nitrogens with zero attached hydrogens (tertiary/aromatic N) is 1. The summed E-state index contributed by atoms with van der Waals surface area (Å²) in [4.78, 5) is 0.235. The molecule has 1 heterocycles. The van der Waals surface area contributed by atoms with E-state index in [1.54, 1.807) is 19.1 Å². The number of rotatable bonds is 6. The summed E-state index contributed by atoms with van der Waals surface area (Å²) in [5.41, 5.74) is 1.10. The Hall–Kier alpha value is -0.920. The standard InChI is InChI=1S/C15H23NO4S2/c1-3-5-13-6-8-15(9-7-13)22(19,20)16(4-2)14-10-11-21(17,18)12-14/h6-9,14H,3-5,10-12H2,1-2H3. The highest BCUT2D eigenvalue weighted by Crippen LogP contribution is 2.25. The van der Waals surface area contributed by atoms with Gasteiger partial charge in [0, 0.05) is 12.6 Å². The first-order chi connectivity index (χ1) is 10.3. The summed E-state index contributed by atoms with van der Waals surface area (Å²) in [6.45, 7) is 4.09. The highest BCUT2D eigenvalue weighted by molar-refractivity contribution is 7.92. The van der Waals surface area contributed by atoms with Gasteiger partial charge in [-0.25, -0.2) is 16.8 Å². The predicted molar refractivity (Wildman–Crippen MR) is 87.1 cm³/mol. The zero-order valence-corrected chi connectivity index (χ0v) is 14.7. The molecule has 0 spiro atoms. The second kappa shape index (κ2) is 6.68. The van der Waals surface area contributed by atoms with Crippen molar-refractivity contribution in [2.45, 2.75) is 44.0 Å². The van der Waals surface area contributed by atoms with Crippen LogP contribution in [0.3, 0.4) is 0 Å². The van der Waals surface area contributed by atoms with Gasteiger partial charge in [-0.05, 0) is 30.5 Å². The monoisotopic (exact) mass is 345 g/mol. The Labute approximate surface area is 133 Å². The molecule has 2 rings (SSSR count). The Morgan fingerprint density at radius 2 is 1.82 bits per heavy atom. The third-order valence-electron chi connectivity index (χ3n) is 4.00. The van der Waals surface area contributed by atoms with Gasteiger partial charge in [-0.15, -0.1) is 0 Å². The van der Waals surface area contributed by atoms with Crippen molar-refractivity contribution in [1.29, 1.82) is 0 Å². The highest BCUT2D eigenvalue weighted by atomic mass is 32.2. The van der Waals surface area contributed by atoms with E-state index in [1.165, 1.54) is 4.31 Å². The number of aryl methyl sites for hydroxylation is 1. The van der Waals surface area contributed by atoms with Gasteiger partial charge in [0.1, 0.15) is 0 Å². The summed E-state index contributed by atoms with van der Waals surface area (Å²) in [5.74, 6) is -0.00683. The smallest absolute Gasteiger partial charge is 0.229 e. The van der Waals surface area contributed by atoms with E-state index in [4.69, 9.17) is 0 Å². The molecular formula is C15H23NO4S2. The van der Waals surface area contributed by atoms with Crippen molar-refractivity contribution in [3.63, 3.8) is 0 Å². The van der Waals surface area contributed by atoms with E-state index in [2.05, 4.69) is 6.92 Å². The largest absolute Gasteiger partial charge is 0.243 e. The van der Waals surface area contributed by atoms with E-state index < -0.39 is 25.9 Å². The van der Waals surface area contributed by atoms with E-state index in [1.807, 2.05) is 12.1 Å². The zero-order valence-electron chi connectivity index (χ0n) is 13.0. The van der Waals surface area contributed by atoms with Gasteiger partial charge in [0.05, 0.1) is 16.4 Å². The maximum Gasteiger partial charge on any atom is 0.243 e. The van der Waals surface area contributed by atoms with Gasteiger partial charge in [0.2, 0.25) is 10.0 Å². The molecule has 1 aromatic carbocycles. The van der Waals surface area contributed by atoms with Crippen molar-refractivity contribution in [3.8, 4) is 0 Å². The molecule has 0 aromatic heterocycles. The summed E-state index contributed by atoms with van der Waals surface area (Å²) in [7, 11) is -6.76. The van der Waals surface area contributed by atoms with Crippen molar-refractivity contribution in [1.82, 2.24) is 4.31 Å². The lowest BCUT2D eigenvalue weighted by atomic mass is 10.1. The summed E-state index contributed by atoms with van der Waals surface area (Å²) in [6.07, 6.45) is 2.30. The summed E-state index contributed by atoms with van der Waals surface area (Å²) in [6, 6.07) is 6.44. The average Bonchev–Trinajstić information content (AvgIpc) is 2.80. The number of sulfone groups is 1. The maximum atomic E-state index is 12.8.